The van der Waals surface area contributed by atoms with E-state index in [0.29, 0.717) is 31.1 Å². The third-order valence-corrected chi connectivity index (χ3v) is 6.18. The lowest BCUT2D eigenvalue weighted by atomic mass is 9.96. The van der Waals surface area contributed by atoms with Gasteiger partial charge < -0.3 is 10.2 Å². The van der Waals surface area contributed by atoms with Crippen molar-refractivity contribution >= 4 is 17.8 Å². The van der Waals surface area contributed by atoms with E-state index in [-0.39, 0.29) is 17.1 Å². The summed E-state index contributed by atoms with van der Waals surface area (Å²) in [5.74, 6) is -0.0456. The van der Waals surface area contributed by atoms with Crippen molar-refractivity contribution in [2.24, 2.45) is 0 Å². The molecule has 0 radical (unpaired) electrons. The Labute approximate surface area is 146 Å². The first-order chi connectivity index (χ1) is 11.6. The van der Waals surface area contributed by atoms with Gasteiger partial charge in [0.25, 0.3) is 0 Å². The molecular weight excluding hydrogens is 330 g/mol. The molecule has 1 aliphatic carbocycles. The van der Waals surface area contributed by atoms with Gasteiger partial charge in [-0.25, -0.2) is 13.6 Å². The van der Waals surface area contributed by atoms with E-state index in [0.717, 1.165) is 24.7 Å². The lowest BCUT2D eigenvalue weighted by molar-refractivity contribution is 0.193. The second-order valence-corrected chi connectivity index (χ2v) is 7.90. The lowest BCUT2D eigenvalue weighted by Crippen LogP contribution is -2.46. The van der Waals surface area contributed by atoms with Crippen LogP contribution in [0.2, 0.25) is 0 Å². The number of carbonyl (C=O) groups is 1. The number of carbonyl (C=O) groups excluding carboxylic acids is 1. The molecular formula is C18H24F2N2OS. The zero-order valence-electron chi connectivity index (χ0n) is 13.8. The topological polar surface area (TPSA) is 32.3 Å². The highest BCUT2D eigenvalue weighted by Gasteiger charge is 2.25. The summed E-state index contributed by atoms with van der Waals surface area (Å²) in [6.07, 6.45) is 6.39. The van der Waals surface area contributed by atoms with Gasteiger partial charge >= 0.3 is 6.03 Å². The van der Waals surface area contributed by atoms with E-state index in [4.69, 9.17) is 0 Å². The molecule has 2 fully saturated rings. The van der Waals surface area contributed by atoms with E-state index in [2.05, 4.69) is 5.32 Å². The second-order valence-electron chi connectivity index (χ2n) is 6.59. The van der Waals surface area contributed by atoms with E-state index in [1.165, 1.54) is 31.4 Å². The molecule has 3 rings (SSSR count). The molecule has 1 unspecified atom stereocenters. The molecule has 1 heterocycles. The summed E-state index contributed by atoms with van der Waals surface area (Å²) in [4.78, 5) is 14.3. The molecule has 1 atom stereocenters. The Balaban J connectivity index is 1.58. The summed E-state index contributed by atoms with van der Waals surface area (Å²) in [6, 6.07) is 3.89. The molecule has 0 spiro atoms. The summed E-state index contributed by atoms with van der Waals surface area (Å²) in [6.45, 7) is 1.23. The van der Waals surface area contributed by atoms with Crippen LogP contribution in [0.3, 0.4) is 0 Å². The van der Waals surface area contributed by atoms with Gasteiger partial charge in [0.2, 0.25) is 0 Å². The van der Waals surface area contributed by atoms with Crippen LogP contribution in [0.5, 0.6) is 0 Å². The van der Waals surface area contributed by atoms with Gasteiger partial charge in [-0.15, -0.1) is 0 Å². The summed E-state index contributed by atoms with van der Waals surface area (Å²) >= 11 is 1.60. The number of rotatable bonds is 2. The minimum absolute atomic E-state index is 0.0112. The van der Waals surface area contributed by atoms with Crippen molar-refractivity contribution in [3.05, 3.63) is 35.4 Å². The summed E-state index contributed by atoms with van der Waals surface area (Å²) in [5, 5.41) is 3.03. The fourth-order valence-corrected chi connectivity index (χ4v) is 4.74. The van der Waals surface area contributed by atoms with Crippen molar-refractivity contribution in [2.75, 3.05) is 18.8 Å². The summed E-state index contributed by atoms with van der Waals surface area (Å²) in [7, 11) is 0. The highest BCUT2D eigenvalue weighted by atomic mass is 32.2. The Kier molecular flexibility index (Phi) is 5.98. The number of nitrogens with one attached hydrogen (secondary N) is 1. The first-order valence-electron chi connectivity index (χ1n) is 8.75. The van der Waals surface area contributed by atoms with Gasteiger partial charge in [0.15, 0.2) is 0 Å². The zero-order chi connectivity index (χ0) is 16.9. The first kappa shape index (κ1) is 17.5. The highest BCUT2D eigenvalue weighted by molar-refractivity contribution is 7.99. The molecule has 1 aliphatic heterocycles. The normalized spacial score (nSPS) is 22.9. The fraction of sp³-hybridized carbons (Fsp3) is 0.611. The van der Waals surface area contributed by atoms with Crippen LogP contribution in [0.15, 0.2) is 18.2 Å². The van der Waals surface area contributed by atoms with E-state index < -0.39 is 5.82 Å². The zero-order valence-corrected chi connectivity index (χ0v) is 14.6. The summed E-state index contributed by atoms with van der Waals surface area (Å²) in [5.41, 5.74) is 0.412. The number of halogens is 2. The Morgan fingerprint density at radius 1 is 1.12 bits per heavy atom. The number of amides is 2. The number of benzene rings is 1. The van der Waals surface area contributed by atoms with Crippen LogP contribution in [0, 0.1) is 11.6 Å². The van der Waals surface area contributed by atoms with Gasteiger partial charge in [-0.05, 0) is 37.5 Å². The van der Waals surface area contributed by atoms with E-state index >= 15 is 0 Å². The molecule has 2 amide bonds. The van der Waals surface area contributed by atoms with Gasteiger partial charge in [-0.3, -0.25) is 0 Å². The largest absolute Gasteiger partial charge is 0.335 e. The predicted octanol–water partition coefficient (Wildman–Crippen LogP) is 4.49. The van der Waals surface area contributed by atoms with Crippen LogP contribution in [0.1, 0.15) is 49.3 Å². The average Bonchev–Trinajstić information content (AvgIpc) is 2.84. The fourth-order valence-electron chi connectivity index (χ4n) is 3.50. The van der Waals surface area contributed by atoms with Crippen molar-refractivity contribution in [3.8, 4) is 0 Å². The Bertz CT molecular complexity index is 578. The SMILES string of the molecule is O=C(NC1CCCCC1)N1CCSC(c2cc(F)ccc2F)CC1. The van der Waals surface area contributed by atoms with Crippen LogP contribution in [-0.2, 0) is 0 Å². The van der Waals surface area contributed by atoms with Crippen LogP contribution in [0.4, 0.5) is 13.6 Å². The molecule has 1 saturated heterocycles. The smallest absolute Gasteiger partial charge is 0.317 e. The maximum Gasteiger partial charge on any atom is 0.317 e. The number of hydrogen-bond acceptors (Lipinski definition) is 2. The molecule has 1 N–H and O–H groups in total. The Hall–Kier alpha value is -1.30. The lowest BCUT2D eigenvalue weighted by Gasteiger charge is -2.27. The quantitative estimate of drug-likeness (QED) is 0.849. The molecule has 24 heavy (non-hydrogen) atoms. The minimum atomic E-state index is -0.414. The molecule has 1 saturated carbocycles. The van der Waals surface area contributed by atoms with Crippen LogP contribution in [-0.4, -0.2) is 35.8 Å². The van der Waals surface area contributed by atoms with E-state index in [9.17, 15) is 13.6 Å². The van der Waals surface area contributed by atoms with Crippen molar-refractivity contribution < 1.29 is 13.6 Å². The molecule has 2 aliphatic rings. The molecule has 3 nitrogen and oxygen atoms in total. The molecule has 132 valence electrons. The van der Waals surface area contributed by atoms with E-state index in [1.54, 1.807) is 11.8 Å². The molecule has 6 heteroatoms. The monoisotopic (exact) mass is 354 g/mol. The third-order valence-electron chi connectivity index (χ3n) is 4.87. The maximum absolute atomic E-state index is 14.0. The van der Waals surface area contributed by atoms with Gasteiger partial charge in [0.05, 0.1) is 0 Å². The number of thioether (sulfide) groups is 1. The second kappa shape index (κ2) is 8.19. The molecule has 0 aromatic heterocycles. The van der Waals surface area contributed by atoms with Gasteiger partial charge in [0.1, 0.15) is 11.6 Å². The van der Waals surface area contributed by atoms with Crippen LogP contribution in [0.25, 0.3) is 0 Å². The number of nitrogens with zero attached hydrogens (tertiary/aromatic N) is 1. The van der Waals surface area contributed by atoms with Crippen molar-refractivity contribution in [1.82, 2.24) is 10.2 Å². The first-order valence-corrected chi connectivity index (χ1v) is 9.80. The minimum Gasteiger partial charge on any atom is -0.335 e. The van der Waals surface area contributed by atoms with Crippen LogP contribution >= 0.6 is 11.8 Å². The Morgan fingerprint density at radius 3 is 2.71 bits per heavy atom. The summed E-state index contributed by atoms with van der Waals surface area (Å²) < 4.78 is 27.4. The predicted molar refractivity (Wildman–Crippen MR) is 93.2 cm³/mol. The van der Waals surface area contributed by atoms with E-state index in [1.807, 2.05) is 4.90 Å². The number of urea groups is 1. The van der Waals surface area contributed by atoms with Gasteiger partial charge in [-0.2, -0.15) is 11.8 Å². The molecule has 1 aromatic carbocycles. The maximum atomic E-state index is 14.0. The standard InChI is InChI=1S/C18H24F2N2OS/c19-13-6-7-16(20)15(12-13)17-8-9-22(10-11-24-17)18(23)21-14-4-2-1-3-5-14/h6-7,12,14,17H,1-5,8-11H2,(H,21,23). The molecule has 1 aromatic rings. The Morgan fingerprint density at radius 2 is 1.92 bits per heavy atom. The highest BCUT2D eigenvalue weighted by Crippen LogP contribution is 2.36. The van der Waals surface area contributed by atoms with Crippen molar-refractivity contribution in [1.29, 1.82) is 0 Å². The molecule has 0 bridgehead atoms. The third kappa shape index (κ3) is 4.41. The van der Waals surface area contributed by atoms with Gasteiger partial charge in [-0.1, -0.05) is 19.3 Å². The van der Waals surface area contributed by atoms with Gasteiger partial charge in [0, 0.05) is 35.7 Å². The van der Waals surface area contributed by atoms with Crippen molar-refractivity contribution in [2.45, 2.75) is 49.8 Å². The average molecular weight is 354 g/mol. The van der Waals surface area contributed by atoms with Crippen molar-refractivity contribution in [3.63, 3.8) is 0 Å². The number of hydrogen-bond donors (Lipinski definition) is 1. The van der Waals surface area contributed by atoms with Crippen LogP contribution < -0.4 is 5.32 Å².